The van der Waals surface area contributed by atoms with Crippen LogP contribution in [-0.4, -0.2) is 27.2 Å². The molecule has 0 saturated heterocycles. The van der Waals surface area contributed by atoms with E-state index in [-0.39, 0.29) is 29.7 Å². The summed E-state index contributed by atoms with van der Waals surface area (Å²) in [4.78, 5) is 17.3. The summed E-state index contributed by atoms with van der Waals surface area (Å²) in [5.74, 6) is 0.0152. The maximum absolute atomic E-state index is 12.8. The Morgan fingerprint density at radius 1 is 1.19 bits per heavy atom. The number of para-hydroxylation sites is 1. The highest BCUT2D eigenvalue weighted by Crippen LogP contribution is 2.38. The number of nitrogens with zero attached hydrogens (tertiary/aromatic N) is 1. The van der Waals surface area contributed by atoms with E-state index < -0.39 is 0 Å². The van der Waals surface area contributed by atoms with Gasteiger partial charge in [-0.2, -0.15) is 0 Å². The fourth-order valence-electron chi connectivity index (χ4n) is 3.61. The monoisotopic (exact) mass is 362 g/mol. The van der Waals surface area contributed by atoms with Crippen LogP contribution in [0, 0.1) is 12.8 Å². The van der Waals surface area contributed by atoms with Crippen LogP contribution in [0.2, 0.25) is 0 Å². The summed E-state index contributed by atoms with van der Waals surface area (Å²) in [5.41, 5.74) is 2.97. The Hall–Kier alpha value is -2.92. The first kappa shape index (κ1) is 17.5. The molecule has 1 aliphatic rings. The van der Waals surface area contributed by atoms with E-state index in [9.17, 15) is 15.0 Å². The van der Waals surface area contributed by atoms with Crippen LogP contribution in [-0.2, 0) is 0 Å². The highest BCUT2D eigenvalue weighted by Gasteiger charge is 2.36. The SMILES string of the molecule is Cc1ccc(C(=O)N[C@@H](c2cnc3ccccc3c2)C2CC(O)C2)cc1O. The van der Waals surface area contributed by atoms with Crippen LogP contribution in [0.3, 0.4) is 0 Å². The molecule has 1 saturated carbocycles. The molecule has 1 atom stereocenters. The summed E-state index contributed by atoms with van der Waals surface area (Å²) in [6.07, 6.45) is 2.78. The zero-order valence-corrected chi connectivity index (χ0v) is 15.1. The molecule has 5 nitrogen and oxygen atoms in total. The average Bonchev–Trinajstić information content (AvgIpc) is 2.65. The van der Waals surface area contributed by atoms with Crippen molar-refractivity contribution in [3.05, 3.63) is 71.4 Å². The Bertz CT molecular complexity index is 996. The maximum Gasteiger partial charge on any atom is 0.251 e. The van der Waals surface area contributed by atoms with Gasteiger partial charge in [-0.1, -0.05) is 24.3 Å². The van der Waals surface area contributed by atoms with E-state index in [0.29, 0.717) is 18.4 Å². The second-order valence-electron chi connectivity index (χ2n) is 7.30. The number of benzene rings is 2. The Balaban J connectivity index is 1.64. The van der Waals surface area contributed by atoms with Crippen molar-refractivity contribution < 1.29 is 15.0 Å². The van der Waals surface area contributed by atoms with Crippen molar-refractivity contribution in [2.75, 3.05) is 0 Å². The van der Waals surface area contributed by atoms with Gasteiger partial charge in [0.15, 0.2) is 0 Å². The number of aromatic hydroxyl groups is 1. The molecule has 1 heterocycles. The van der Waals surface area contributed by atoms with Crippen LogP contribution in [0.5, 0.6) is 5.75 Å². The highest BCUT2D eigenvalue weighted by molar-refractivity contribution is 5.95. The van der Waals surface area contributed by atoms with Crippen LogP contribution in [0.15, 0.2) is 54.7 Å². The fraction of sp³-hybridized carbons (Fsp3) is 0.273. The van der Waals surface area contributed by atoms with Crippen molar-refractivity contribution in [3.63, 3.8) is 0 Å². The number of nitrogens with one attached hydrogen (secondary N) is 1. The smallest absolute Gasteiger partial charge is 0.251 e. The van der Waals surface area contributed by atoms with Gasteiger partial charge >= 0.3 is 0 Å². The summed E-state index contributed by atoms with van der Waals surface area (Å²) in [7, 11) is 0. The molecule has 138 valence electrons. The zero-order valence-electron chi connectivity index (χ0n) is 15.1. The molecule has 0 radical (unpaired) electrons. The van der Waals surface area contributed by atoms with Crippen molar-refractivity contribution in [1.29, 1.82) is 0 Å². The zero-order chi connectivity index (χ0) is 19.0. The molecule has 1 fully saturated rings. The summed E-state index contributed by atoms with van der Waals surface area (Å²) in [6, 6.07) is 14.6. The summed E-state index contributed by atoms with van der Waals surface area (Å²) in [6.45, 7) is 1.79. The van der Waals surface area contributed by atoms with Crippen LogP contribution in [0.25, 0.3) is 10.9 Å². The van der Waals surface area contributed by atoms with Gasteiger partial charge < -0.3 is 15.5 Å². The number of carbonyl (C=O) groups excluding carboxylic acids is 1. The van der Waals surface area contributed by atoms with Crippen molar-refractivity contribution in [3.8, 4) is 5.75 Å². The molecule has 1 amide bonds. The van der Waals surface area contributed by atoms with Crippen molar-refractivity contribution in [2.45, 2.75) is 31.9 Å². The molecule has 0 bridgehead atoms. The second-order valence-corrected chi connectivity index (χ2v) is 7.30. The first-order chi connectivity index (χ1) is 13.0. The molecule has 1 aliphatic carbocycles. The molecular weight excluding hydrogens is 340 g/mol. The molecule has 2 aromatic carbocycles. The number of carbonyl (C=O) groups is 1. The van der Waals surface area contributed by atoms with Gasteiger partial charge in [-0.05, 0) is 61.1 Å². The second kappa shape index (κ2) is 7.00. The molecule has 0 aliphatic heterocycles. The van der Waals surface area contributed by atoms with E-state index in [4.69, 9.17) is 0 Å². The van der Waals surface area contributed by atoms with Crippen LogP contribution in [0.4, 0.5) is 0 Å². The molecule has 0 unspecified atom stereocenters. The van der Waals surface area contributed by atoms with Gasteiger partial charge in [-0.15, -0.1) is 0 Å². The predicted molar refractivity (Wildman–Crippen MR) is 104 cm³/mol. The molecule has 1 aromatic heterocycles. The molecule has 27 heavy (non-hydrogen) atoms. The number of pyridine rings is 1. The fourth-order valence-corrected chi connectivity index (χ4v) is 3.61. The number of aromatic nitrogens is 1. The van der Waals surface area contributed by atoms with E-state index in [1.54, 1.807) is 25.3 Å². The number of amides is 1. The van der Waals surface area contributed by atoms with E-state index in [0.717, 1.165) is 22.0 Å². The lowest BCUT2D eigenvalue weighted by Gasteiger charge is -2.38. The Kier molecular flexibility index (Phi) is 4.54. The molecular formula is C22H22N2O3. The number of hydrogen-bond donors (Lipinski definition) is 3. The van der Waals surface area contributed by atoms with Crippen LogP contribution in [0.1, 0.15) is 40.4 Å². The van der Waals surface area contributed by atoms with Gasteiger partial charge in [0.05, 0.1) is 17.7 Å². The molecule has 4 rings (SSSR count). The van der Waals surface area contributed by atoms with Crippen molar-refractivity contribution in [1.82, 2.24) is 10.3 Å². The minimum atomic E-state index is -0.314. The number of aryl methyl sites for hydroxylation is 1. The lowest BCUT2D eigenvalue weighted by atomic mass is 9.75. The van der Waals surface area contributed by atoms with Crippen LogP contribution >= 0.6 is 0 Å². The molecule has 0 spiro atoms. The minimum absolute atomic E-state index is 0.102. The van der Waals surface area contributed by atoms with Crippen LogP contribution < -0.4 is 5.32 Å². The molecule has 5 heteroatoms. The Morgan fingerprint density at radius 3 is 2.70 bits per heavy atom. The minimum Gasteiger partial charge on any atom is -0.508 e. The highest BCUT2D eigenvalue weighted by atomic mass is 16.3. The first-order valence-corrected chi connectivity index (χ1v) is 9.14. The predicted octanol–water partition coefficient (Wildman–Crippen LogP) is 3.49. The number of phenolic OH excluding ortho intramolecular Hbond substituents is 1. The van der Waals surface area contributed by atoms with Crippen molar-refractivity contribution in [2.24, 2.45) is 5.92 Å². The lowest BCUT2D eigenvalue weighted by molar-refractivity contribution is 0.0235. The third-order valence-electron chi connectivity index (χ3n) is 5.35. The van der Waals surface area contributed by atoms with E-state index in [1.165, 1.54) is 6.07 Å². The average molecular weight is 362 g/mol. The lowest BCUT2D eigenvalue weighted by Crippen LogP contribution is -2.41. The normalized spacial score (nSPS) is 20.1. The van der Waals surface area contributed by atoms with E-state index >= 15 is 0 Å². The quantitative estimate of drug-likeness (QED) is 0.663. The van der Waals surface area contributed by atoms with Gasteiger partial charge in [0.2, 0.25) is 0 Å². The van der Waals surface area contributed by atoms with Gasteiger partial charge in [-0.3, -0.25) is 9.78 Å². The third kappa shape index (κ3) is 3.51. The first-order valence-electron chi connectivity index (χ1n) is 9.14. The third-order valence-corrected chi connectivity index (χ3v) is 5.35. The number of fused-ring (bicyclic) bond motifs is 1. The van der Waals surface area contributed by atoms with Gasteiger partial charge in [-0.25, -0.2) is 0 Å². The Labute approximate surface area is 157 Å². The number of hydrogen-bond acceptors (Lipinski definition) is 4. The number of aliphatic hydroxyl groups is 1. The van der Waals surface area contributed by atoms with E-state index in [1.807, 2.05) is 30.3 Å². The summed E-state index contributed by atoms with van der Waals surface area (Å²) < 4.78 is 0. The van der Waals surface area contributed by atoms with Crippen molar-refractivity contribution >= 4 is 16.8 Å². The van der Waals surface area contributed by atoms with Gasteiger partial charge in [0.25, 0.3) is 5.91 Å². The maximum atomic E-state index is 12.8. The molecule has 3 aromatic rings. The number of aliphatic hydroxyl groups excluding tert-OH is 1. The largest absolute Gasteiger partial charge is 0.508 e. The Morgan fingerprint density at radius 2 is 1.96 bits per heavy atom. The summed E-state index contributed by atoms with van der Waals surface area (Å²) >= 11 is 0. The van der Waals surface area contributed by atoms with Gasteiger partial charge in [0, 0.05) is 17.1 Å². The number of phenols is 1. The summed E-state index contributed by atoms with van der Waals surface area (Å²) in [5, 5.41) is 23.7. The number of rotatable bonds is 4. The topological polar surface area (TPSA) is 82.5 Å². The van der Waals surface area contributed by atoms with E-state index in [2.05, 4.69) is 10.3 Å². The molecule has 3 N–H and O–H groups in total. The van der Waals surface area contributed by atoms with Gasteiger partial charge in [0.1, 0.15) is 5.75 Å². The standard InChI is InChI=1S/C22H22N2O3/c1-13-6-7-15(11-20(13)26)22(27)24-21(16-9-18(25)10-16)17-8-14-4-2-3-5-19(14)23-12-17/h2-8,11-12,16,18,21,25-26H,9-10H2,1H3,(H,24,27)/t16?,18?,21-/m1/s1.